The van der Waals surface area contributed by atoms with E-state index in [9.17, 15) is 23.9 Å². The number of carbonyl (C=O) groups excluding carboxylic acids is 1. The molecule has 8 nitrogen and oxygen atoms in total. The van der Waals surface area contributed by atoms with Gasteiger partial charge in [-0.3, -0.25) is 9.59 Å². The third-order valence-electron chi connectivity index (χ3n) is 6.43. The molecular formula is C25H27FN4O4. The summed E-state index contributed by atoms with van der Waals surface area (Å²) in [5, 5.41) is 15.4. The van der Waals surface area contributed by atoms with Crippen LogP contribution in [0, 0.1) is 5.82 Å². The summed E-state index contributed by atoms with van der Waals surface area (Å²) in [6, 6.07) is 8.55. The van der Waals surface area contributed by atoms with Crippen LogP contribution < -0.4 is 21.1 Å². The van der Waals surface area contributed by atoms with Crippen LogP contribution in [-0.4, -0.2) is 42.1 Å². The third kappa shape index (κ3) is 4.59. The van der Waals surface area contributed by atoms with Gasteiger partial charge in [-0.25, -0.2) is 9.18 Å². The standard InChI is InChI=1S/C25H27FN4O4/c1-27-20-13-16(26)10-15-11-18(24(32)29-22(15)20)23(31)28-19-9-8-14(25(33)34)12-21(19)30(2)17-6-4-3-5-7-17/h8-13,17,27H,3-7H2,1-2H3,(H,28,31)(H,29,32)(H,33,34). The molecule has 0 atom stereocenters. The molecule has 1 aromatic heterocycles. The van der Waals surface area contributed by atoms with Crippen molar-refractivity contribution in [3.8, 4) is 0 Å². The number of anilines is 3. The van der Waals surface area contributed by atoms with E-state index in [0.717, 1.165) is 25.7 Å². The second kappa shape index (κ2) is 9.54. The molecule has 34 heavy (non-hydrogen) atoms. The van der Waals surface area contributed by atoms with Crippen LogP contribution in [-0.2, 0) is 0 Å². The lowest BCUT2D eigenvalue weighted by Gasteiger charge is -2.34. The number of rotatable bonds is 6. The Bertz CT molecular complexity index is 1310. The Kier molecular flexibility index (Phi) is 6.54. The van der Waals surface area contributed by atoms with Crippen LogP contribution in [0.3, 0.4) is 0 Å². The Balaban J connectivity index is 1.71. The van der Waals surface area contributed by atoms with Crippen molar-refractivity contribution in [3.63, 3.8) is 0 Å². The zero-order valence-corrected chi connectivity index (χ0v) is 19.1. The fraction of sp³-hybridized carbons (Fsp3) is 0.320. The van der Waals surface area contributed by atoms with E-state index in [1.54, 1.807) is 7.05 Å². The van der Waals surface area contributed by atoms with E-state index < -0.39 is 23.3 Å². The first kappa shape index (κ1) is 23.3. The highest BCUT2D eigenvalue weighted by molar-refractivity contribution is 6.08. The third-order valence-corrected chi connectivity index (χ3v) is 6.43. The molecule has 1 aliphatic rings. The predicted octanol–water partition coefficient (Wildman–Crippen LogP) is 4.43. The van der Waals surface area contributed by atoms with Crippen LogP contribution in [0.25, 0.3) is 10.9 Å². The lowest BCUT2D eigenvalue weighted by atomic mass is 9.94. The summed E-state index contributed by atoms with van der Waals surface area (Å²) in [5.74, 6) is -2.24. The number of carbonyl (C=O) groups is 2. The smallest absolute Gasteiger partial charge is 0.335 e. The van der Waals surface area contributed by atoms with Crippen LogP contribution in [0.1, 0.15) is 52.8 Å². The monoisotopic (exact) mass is 466 g/mol. The van der Waals surface area contributed by atoms with E-state index in [1.165, 1.54) is 42.8 Å². The first-order valence-electron chi connectivity index (χ1n) is 11.2. The van der Waals surface area contributed by atoms with Crippen molar-refractivity contribution in [2.45, 2.75) is 38.1 Å². The molecular weight excluding hydrogens is 439 g/mol. The zero-order valence-electron chi connectivity index (χ0n) is 19.1. The largest absolute Gasteiger partial charge is 0.478 e. The fourth-order valence-electron chi connectivity index (χ4n) is 4.57. The Morgan fingerprint density at radius 3 is 2.50 bits per heavy atom. The first-order valence-corrected chi connectivity index (χ1v) is 11.2. The van der Waals surface area contributed by atoms with Gasteiger partial charge in [0.15, 0.2) is 0 Å². The van der Waals surface area contributed by atoms with Gasteiger partial charge in [0, 0.05) is 25.5 Å². The normalized spacial score (nSPS) is 14.1. The second-order valence-corrected chi connectivity index (χ2v) is 8.57. The Morgan fingerprint density at radius 1 is 1.09 bits per heavy atom. The molecule has 0 spiro atoms. The molecule has 1 fully saturated rings. The maximum atomic E-state index is 14.0. The van der Waals surface area contributed by atoms with Gasteiger partial charge < -0.3 is 25.6 Å². The Morgan fingerprint density at radius 2 is 1.82 bits per heavy atom. The average molecular weight is 467 g/mol. The molecule has 1 aliphatic carbocycles. The summed E-state index contributed by atoms with van der Waals surface area (Å²) >= 11 is 0. The minimum absolute atomic E-state index is 0.106. The molecule has 178 valence electrons. The van der Waals surface area contributed by atoms with Crippen LogP contribution >= 0.6 is 0 Å². The summed E-state index contributed by atoms with van der Waals surface area (Å²) in [6.45, 7) is 0. The number of nitrogens with one attached hydrogen (secondary N) is 3. The average Bonchev–Trinajstić information content (AvgIpc) is 2.83. The first-order chi connectivity index (χ1) is 16.3. The summed E-state index contributed by atoms with van der Waals surface area (Å²) in [5.41, 5.74) is 1.09. The van der Waals surface area contributed by atoms with Gasteiger partial charge in [0.05, 0.1) is 28.1 Å². The molecule has 4 N–H and O–H groups in total. The highest BCUT2D eigenvalue weighted by Gasteiger charge is 2.23. The summed E-state index contributed by atoms with van der Waals surface area (Å²) in [6.07, 6.45) is 5.30. The minimum Gasteiger partial charge on any atom is -0.478 e. The SMILES string of the molecule is CNc1cc(F)cc2cc(C(=O)Nc3ccc(C(=O)O)cc3N(C)C3CCCCC3)c(=O)[nH]c12. The van der Waals surface area contributed by atoms with Crippen LogP contribution in [0.5, 0.6) is 0 Å². The van der Waals surface area contributed by atoms with Gasteiger partial charge in [-0.2, -0.15) is 0 Å². The lowest BCUT2D eigenvalue weighted by molar-refractivity contribution is 0.0696. The quantitative estimate of drug-likeness (QED) is 0.427. The van der Waals surface area contributed by atoms with E-state index in [2.05, 4.69) is 15.6 Å². The van der Waals surface area contributed by atoms with Crippen LogP contribution in [0.4, 0.5) is 21.5 Å². The summed E-state index contributed by atoms with van der Waals surface area (Å²) in [4.78, 5) is 42.0. The summed E-state index contributed by atoms with van der Waals surface area (Å²) < 4.78 is 14.0. The molecule has 4 rings (SSSR count). The van der Waals surface area contributed by atoms with Gasteiger partial charge in [-0.15, -0.1) is 0 Å². The number of benzene rings is 2. The molecule has 0 bridgehead atoms. The van der Waals surface area contributed by atoms with E-state index in [0.29, 0.717) is 28.0 Å². The Hall–Kier alpha value is -3.88. The highest BCUT2D eigenvalue weighted by Crippen LogP contribution is 2.33. The van der Waals surface area contributed by atoms with Gasteiger partial charge >= 0.3 is 5.97 Å². The van der Waals surface area contributed by atoms with Crippen molar-refractivity contribution in [1.82, 2.24) is 4.98 Å². The number of amides is 1. The maximum absolute atomic E-state index is 14.0. The number of aromatic nitrogens is 1. The molecule has 9 heteroatoms. The molecule has 0 unspecified atom stereocenters. The number of hydrogen-bond donors (Lipinski definition) is 4. The van der Waals surface area contributed by atoms with E-state index in [-0.39, 0.29) is 17.2 Å². The number of halogens is 1. The molecule has 3 aromatic rings. The number of H-pyrrole nitrogens is 1. The number of aromatic amines is 1. The summed E-state index contributed by atoms with van der Waals surface area (Å²) in [7, 11) is 3.50. The number of nitrogens with zero attached hydrogens (tertiary/aromatic N) is 1. The number of carboxylic acids is 1. The van der Waals surface area contributed by atoms with Gasteiger partial charge in [0.25, 0.3) is 11.5 Å². The van der Waals surface area contributed by atoms with Gasteiger partial charge in [-0.1, -0.05) is 19.3 Å². The van der Waals surface area contributed by atoms with Crippen molar-refractivity contribution in [1.29, 1.82) is 0 Å². The van der Waals surface area contributed by atoms with Gasteiger partial charge in [-0.05, 0) is 49.2 Å². The predicted molar refractivity (Wildman–Crippen MR) is 131 cm³/mol. The number of carboxylic acid groups (broad SMARTS) is 1. The molecule has 2 aromatic carbocycles. The second-order valence-electron chi connectivity index (χ2n) is 8.57. The topological polar surface area (TPSA) is 115 Å². The Labute approximate surface area is 195 Å². The highest BCUT2D eigenvalue weighted by atomic mass is 19.1. The number of fused-ring (bicyclic) bond motifs is 1. The number of pyridine rings is 1. The molecule has 0 radical (unpaired) electrons. The minimum atomic E-state index is -1.07. The molecule has 1 amide bonds. The lowest BCUT2D eigenvalue weighted by Crippen LogP contribution is -2.34. The molecule has 0 saturated heterocycles. The molecule has 1 saturated carbocycles. The fourth-order valence-corrected chi connectivity index (χ4v) is 4.57. The van der Waals surface area contributed by atoms with E-state index >= 15 is 0 Å². The van der Waals surface area contributed by atoms with Crippen molar-refractivity contribution in [2.75, 3.05) is 29.6 Å². The number of hydrogen-bond acceptors (Lipinski definition) is 5. The molecule has 0 aliphatic heterocycles. The van der Waals surface area contributed by atoms with E-state index in [4.69, 9.17) is 0 Å². The van der Waals surface area contributed by atoms with Crippen LogP contribution in [0.15, 0.2) is 41.2 Å². The van der Waals surface area contributed by atoms with Crippen molar-refractivity contribution in [3.05, 3.63) is 63.7 Å². The molecule has 1 heterocycles. The van der Waals surface area contributed by atoms with Crippen LogP contribution in [0.2, 0.25) is 0 Å². The van der Waals surface area contributed by atoms with Crippen molar-refractivity contribution < 1.29 is 19.1 Å². The van der Waals surface area contributed by atoms with Gasteiger partial charge in [0.1, 0.15) is 11.4 Å². The van der Waals surface area contributed by atoms with Gasteiger partial charge in [0.2, 0.25) is 0 Å². The zero-order chi connectivity index (χ0) is 24.4. The maximum Gasteiger partial charge on any atom is 0.335 e. The van der Waals surface area contributed by atoms with Crippen molar-refractivity contribution in [2.24, 2.45) is 0 Å². The van der Waals surface area contributed by atoms with E-state index in [1.807, 2.05) is 11.9 Å². The number of aromatic carboxylic acids is 1. The van der Waals surface area contributed by atoms with Crippen molar-refractivity contribution >= 4 is 39.8 Å².